The molecule has 1 heterocycles. The van der Waals surface area contributed by atoms with Crippen molar-refractivity contribution in [2.24, 2.45) is 7.05 Å². The number of carbonyl (C=O) groups is 1. The molecule has 0 atom stereocenters. The Bertz CT molecular complexity index is 341. The van der Waals surface area contributed by atoms with Crippen LogP contribution in [0.1, 0.15) is 10.4 Å². The number of aromatic nitrogens is 2. The highest BCUT2D eigenvalue weighted by atomic mass is 79.9. The first-order chi connectivity index (χ1) is 7.69. The molecule has 0 radical (unpaired) electrons. The van der Waals surface area contributed by atoms with Gasteiger partial charge < -0.3 is 9.64 Å². The van der Waals surface area contributed by atoms with Gasteiger partial charge in [-0.25, -0.2) is 0 Å². The summed E-state index contributed by atoms with van der Waals surface area (Å²) in [5.74, 6) is -0.00963. The third kappa shape index (κ3) is 3.61. The monoisotopic (exact) mass is 289 g/mol. The quantitative estimate of drug-likeness (QED) is 0.731. The number of ether oxygens (including phenoxy) is 1. The molecule has 0 bridgehead atoms. The predicted molar refractivity (Wildman–Crippen MR) is 64.8 cm³/mol. The van der Waals surface area contributed by atoms with Crippen molar-refractivity contribution >= 4 is 21.8 Å². The van der Waals surface area contributed by atoms with E-state index in [0.29, 0.717) is 25.3 Å². The summed E-state index contributed by atoms with van der Waals surface area (Å²) in [5.41, 5.74) is 0.611. The molecule has 0 N–H and O–H groups in total. The lowest BCUT2D eigenvalue weighted by atomic mass is 10.3. The van der Waals surface area contributed by atoms with E-state index in [1.165, 1.54) is 0 Å². The van der Waals surface area contributed by atoms with Crippen molar-refractivity contribution in [1.82, 2.24) is 14.7 Å². The SMILES string of the molecule is COCCN(CCBr)C(=O)c1cnn(C)c1. The fourth-order valence-electron chi connectivity index (χ4n) is 1.33. The first kappa shape index (κ1) is 13.2. The molecule has 0 saturated heterocycles. The van der Waals surface area contributed by atoms with Crippen molar-refractivity contribution < 1.29 is 9.53 Å². The number of carbonyl (C=O) groups excluding carboxylic acids is 1. The smallest absolute Gasteiger partial charge is 0.257 e. The largest absolute Gasteiger partial charge is 0.383 e. The van der Waals surface area contributed by atoms with Gasteiger partial charge in [0.15, 0.2) is 0 Å². The molecular weight excluding hydrogens is 274 g/mol. The maximum atomic E-state index is 12.1. The van der Waals surface area contributed by atoms with E-state index < -0.39 is 0 Å². The van der Waals surface area contributed by atoms with E-state index in [0.717, 1.165) is 5.33 Å². The van der Waals surface area contributed by atoms with E-state index >= 15 is 0 Å². The third-order valence-corrected chi connectivity index (χ3v) is 2.51. The molecule has 90 valence electrons. The van der Waals surface area contributed by atoms with Gasteiger partial charge in [0.1, 0.15) is 0 Å². The molecule has 0 aliphatic heterocycles. The number of aryl methyl sites for hydroxylation is 1. The average Bonchev–Trinajstić information content (AvgIpc) is 2.70. The molecule has 1 aromatic rings. The summed E-state index contributed by atoms with van der Waals surface area (Å²) in [6.07, 6.45) is 3.30. The highest BCUT2D eigenvalue weighted by molar-refractivity contribution is 9.09. The molecule has 0 spiro atoms. The Morgan fingerprint density at radius 2 is 2.38 bits per heavy atom. The molecular formula is C10H16BrN3O2. The summed E-state index contributed by atoms with van der Waals surface area (Å²) in [7, 11) is 3.42. The highest BCUT2D eigenvalue weighted by Gasteiger charge is 2.16. The summed E-state index contributed by atoms with van der Waals surface area (Å²) in [5, 5.41) is 4.74. The number of hydrogen-bond donors (Lipinski definition) is 0. The molecule has 5 nitrogen and oxygen atoms in total. The summed E-state index contributed by atoms with van der Waals surface area (Å²) >= 11 is 3.33. The van der Waals surface area contributed by atoms with E-state index in [4.69, 9.17) is 4.74 Å². The van der Waals surface area contributed by atoms with Crippen molar-refractivity contribution in [1.29, 1.82) is 0 Å². The van der Waals surface area contributed by atoms with Crippen LogP contribution in [-0.4, -0.2) is 52.7 Å². The van der Waals surface area contributed by atoms with E-state index in [-0.39, 0.29) is 5.91 Å². The first-order valence-electron chi connectivity index (χ1n) is 5.02. The molecule has 0 fully saturated rings. The number of methoxy groups -OCH3 is 1. The number of alkyl halides is 1. The Morgan fingerprint density at radius 1 is 1.62 bits per heavy atom. The molecule has 0 aromatic carbocycles. The summed E-state index contributed by atoms with van der Waals surface area (Å²) in [4.78, 5) is 13.8. The lowest BCUT2D eigenvalue weighted by Gasteiger charge is -2.20. The minimum atomic E-state index is -0.00963. The zero-order valence-electron chi connectivity index (χ0n) is 9.52. The average molecular weight is 290 g/mol. The van der Waals surface area contributed by atoms with Crippen LogP contribution in [-0.2, 0) is 11.8 Å². The highest BCUT2D eigenvalue weighted by Crippen LogP contribution is 2.04. The molecule has 6 heteroatoms. The lowest BCUT2D eigenvalue weighted by molar-refractivity contribution is 0.0709. The summed E-state index contributed by atoms with van der Waals surface area (Å²) < 4.78 is 6.60. The second-order valence-corrected chi connectivity index (χ2v) is 4.17. The van der Waals surface area contributed by atoms with Crippen LogP contribution in [0.2, 0.25) is 0 Å². The molecule has 0 aliphatic rings. The van der Waals surface area contributed by atoms with Crippen LogP contribution in [0.25, 0.3) is 0 Å². The van der Waals surface area contributed by atoms with Gasteiger partial charge >= 0.3 is 0 Å². The topological polar surface area (TPSA) is 47.4 Å². The standard InChI is InChI=1S/C10H16BrN3O2/c1-13-8-9(7-12-13)10(15)14(4-3-11)5-6-16-2/h7-8H,3-6H2,1-2H3. The van der Waals surface area contributed by atoms with E-state index in [2.05, 4.69) is 21.0 Å². The van der Waals surface area contributed by atoms with Gasteiger partial charge in [-0.15, -0.1) is 0 Å². The Balaban J connectivity index is 2.66. The summed E-state index contributed by atoms with van der Waals surface area (Å²) in [6.45, 7) is 1.80. The second-order valence-electron chi connectivity index (χ2n) is 3.38. The maximum absolute atomic E-state index is 12.1. The number of nitrogens with zero attached hydrogens (tertiary/aromatic N) is 3. The fraction of sp³-hybridized carbons (Fsp3) is 0.600. The molecule has 1 amide bonds. The van der Waals surface area contributed by atoms with Crippen LogP contribution in [0, 0.1) is 0 Å². The van der Waals surface area contributed by atoms with Gasteiger partial charge in [-0.3, -0.25) is 9.48 Å². The zero-order valence-corrected chi connectivity index (χ0v) is 11.1. The van der Waals surface area contributed by atoms with Crippen molar-refractivity contribution in [3.8, 4) is 0 Å². The van der Waals surface area contributed by atoms with Crippen LogP contribution < -0.4 is 0 Å². The van der Waals surface area contributed by atoms with Gasteiger partial charge in [0.25, 0.3) is 5.91 Å². The Morgan fingerprint density at radius 3 is 2.88 bits per heavy atom. The van der Waals surface area contributed by atoms with Crippen molar-refractivity contribution in [3.63, 3.8) is 0 Å². The first-order valence-corrected chi connectivity index (χ1v) is 6.14. The zero-order chi connectivity index (χ0) is 12.0. The van der Waals surface area contributed by atoms with Gasteiger partial charge in [-0.2, -0.15) is 5.10 Å². The minimum Gasteiger partial charge on any atom is -0.383 e. The van der Waals surface area contributed by atoms with Crippen molar-refractivity contribution in [3.05, 3.63) is 18.0 Å². The fourth-order valence-corrected chi connectivity index (χ4v) is 1.76. The van der Waals surface area contributed by atoms with Crippen molar-refractivity contribution in [2.45, 2.75) is 0 Å². The maximum Gasteiger partial charge on any atom is 0.257 e. The second kappa shape index (κ2) is 6.65. The number of hydrogen-bond acceptors (Lipinski definition) is 3. The van der Waals surface area contributed by atoms with Gasteiger partial charge in [-0.1, -0.05) is 15.9 Å². The van der Waals surface area contributed by atoms with Crippen LogP contribution >= 0.6 is 15.9 Å². The molecule has 0 unspecified atom stereocenters. The minimum absolute atomic E-state index is 0.00963. The Labute approximate surface area is 103 Å². The molecule has 1 aromatic heterocycles. The normalized spacial score (nSPS) is 10.4. The van der Waals surface area contributed by atoms with Crippen LogP contribution in [0.4, 0.5) is 0 Å². The number of rotatable bonds is 6. The van der Waals surface area contributed by atoms with E-state index in [1.807, 2.05) is 0 Å². The van der Waals surface area contributed by atoms with Crippen molar-refractivity contribution in [2.75, 3.05) is 32.1 Å². The molecule has 0 saturated carbocycles. The van der Waals surface area contributed by atoms with Gasteiger partial charge in [0.2, 0.25) is 0 Å². The predicted octanol–water partition coefficient (Wildman–Crippen LogP) is 0.904. The molecule has 0 aliphatic carbocycles. The molecule has 16 heavy (non-hydrogen) atoms. The van der Waals surface area contributed by atoms with Crippen LogP contribution in [0.15, 0.2) is 12.4 Å². The number of halogens is 1. The van der Waals surface area contributed by atoms with E-state index in [1.54, 1.807) is 36.1 Å². The Hall–Kier alpha value is -0.880. The van der Waals surface area contributed by atoms with Gasteiger partial charge in [0.05, 0.1) is 18.4 Å². The lowest BCUT2D eigenvalue weighted by Crippen LogP contribution is -2.35. The Kier molecular flexibility index (Phi) is 5.48. The summed E-state index contributed by atoms with van der Waals surface area (Å²) in [6, 6.07) is 0. The number of amides is 1. The molecule has 1 rings (SSSR count). The van der Waals surface area contributed by atoms with Crippen LogP contribution in [0.5, 0.6) is 0 Å². The van der Waals surface area contributed by atoms with Gasteiger partial charge in [-0.05, 0) is 0 Å². The van der Waals surface area contributed by atoms with Crippen LogP contribution in [0.3, 0.4) is 0 Å². The van der Waals surface area contributed by atoms with Gasteiger partial charge in [0, 0.05) is 38.8 Å². The third-order valence-electron chi connectivity index (χ3n) is 2.16. The van der Waals surface area contributed by atoms with E-state index in [9.17, 15) is 4.79 Å².